The molecule has 1 aromatic carbocycles. The van der Waals surface area contributed by atoms with E-state index >= 15 is 0 Å². The van der Waals surface area contributed by atoms with Crippen molar-refractivity contribution in [2.45, 2.75) is 49.4 Å². The summed E-state index contributed by atoms with van der Waals surface area (Å²) in [5, 5.41) is 2.18. The Labute approximate surface area is 179 Å². The maximum atomic E-state index is 12.6. The Morgan fingerprint density at radius 3 is 2.63 bits per heavy atom. The van der Waals surface area contributed by atoms with Crippen molar-refractivity contribution in [1.82, 2.24) is 4.90 Å². The molecule has 0 radical (unpaired) electrons. The van der Waals surface area contributed by atoms with Crippen molar-refractivity contribution in [3.8, 4) is 0 Å². The molecular formula is C21H26N2O6S. The molecule has 8 nitrogen and oxygen atoms in total. The summed E-state index contributed by atoms with van der Waals surface area (Å²) in [4.78, 5) is 51.5. The molecule has 30 heavy (non-hydrogen) atoms. The highest BCUT2D eigenvalue weighted by Gasteiger charge is 2.33. The van der Waals surface area contributed by atoms with Gasteiger partial charge in [-0.3, -0.25) is 19.2 Å². The quantitative estimate of drug-likeness (QED) is 0.685. The molecule has 2 heterocycles. The lowest BCUT2D eigenvalue weighted by molar-refractivity contribution is -0.161. The molecule has 2 aliphatic rings. The molecule has 2 aliphatic heterocycles. The number of piperidine rings is 1. The summed E-state index contributed by atoms with van der Waals surface area (Å²) in [7, 11) is 0. The molecule has 1 N–H and O–H groups in total. The monoisotopic (exact) mass is 434 g/mol. The summed E-state index contributed by atoms with van der Waals surface area (Å²) in [6, 6.07) is 7.38. The SMILES string of the molecule is CCOC(=O)C1CCN(C(=O)[C@@H](C)OC(=O)C[C@H]2Sc3ccccc3NC2=O)CC1. The van der Waals surface area contributed by atoms with Crippen LogP contribution in [0.15, 0.2) is 29.2 Å². The number of likely N-dealkylation sites (tertiary alicyclic amines) is 1. The van der Waals surface area contributed by atoms with Crippen LogP contribution in [-0.4, -0.2) is 59.7 Å². The maximum absolute atomic E-state index is 12.6. The fraction of sp³-hybridized carbons (Fsp3) is 0.524. The van der Waals surface area contributed by atoms with E-state index in [1.54, 1.807) is 17.9 Å². The van der Waals surface area contributed by atoms with E-state index in [1.165, 1.54) is 18.7 Å². The highest BCUT2D eigenvalue weighted by atomic mass is 32.2. The molecule has 2 amide bonds. The van der Waals surface area contributed by atoms with E-state index in [2.05, 4.69) is 5.32 Å². The van der Waals surface area contributed by atoms with Gasteiger partial charge in [-0.15, -0.1) is 11.8 Å². The average molecular weight is 435 g/mol. The number of carbonyl (C=O) groups excluding carboxylic acids is 4. The molecular weight excluding hydrogens is 408 g/mol. The lowest BCUT2D eigenvalue weighted by Crippen LogP contribution is -2.45. The van der Waals surface area contributed by atoms with Crippen LogP contribution in [0.3, 0.4) is 0 Å². The van der Waals surface area contributed by atoms with E-state index in [9.17, 15) is 19.2 Å². The van der Waals surface area contributed by atoms with Gasteiger partial charge in [0.25, 0.3) is 5.91 Å². The van der Waals surface area contributed by atoms with E-state index < -0.39 is 17.3 Å². The largest absolute Gasteiger partial charge is 0.466 e. The van der Waals surface area contributed by atoms with E-state index in [0.29, 0.717) is 32.5 Å². The summed E-state index contributed by atoms with van der Waals surface area (Å²) in [5.41, 5.74) is 0.729. The zero-order valence-electron chi connectivity index (χ0n) is 17.1. The Balaban J connectivity index is 1.47. The third kappa shape index (κ3) is 5.33. The van der Waals surface area contributed by atoms with Gasteiger partial charge in [-0.05, 0) is 38.8 Å². The highest BCUT2D eigenvalue weighted by molar-refractivity contribution is 8.01. The number of carbonyl (C=O) groups is 4. The van der Waals surface area contributed by atoms with Crippen LogP contribution in [0.25, 0.3) is 0 Å². The first-order chi connectivity index (χ1) is 14.4. The zero-order chi connectivity index (χ0) is 21.7. The number of anilines is 1. The van der Waals surface area contributed by atoms with Crippen LogP contribution in [0, 0.1) is 5.92 Å². The Morgan fingerprint density at radius 2 is 1.93 bits per heavy atom. The van der Waals surface area contributed by atoms with Gasteiger partial charge in [0.05, 0.1) is 29.9 Å². The number of nitrogens with one attached hydrogen (secondary N) is 1. The van der Waals surface area contributed by atoms with Crippen LogP contribution in [0.5, 0.6) is 0 Å². The first-order valence-electron chi connectivity index (χ1n) is 10.1. The van der Waals surface area contributed by atoms with Crippen LogP contribution in [0.4, 0.5) is 5.69 Å². The summed E-state index contributed by atoms with van der Waals surface area (Å²) < 4.78 is 10.3. The highest BCUT2D eigenvalue weighted by Crippen LogP contribution is 2.36. The number of hydrogen-bond donors (Lipinski definition) is 1. The lowest BCUT2D eigenvalue weighted by Gasteiger charge is -2.32. The van der Waals surface area contributed by atoms with E-state index in [4.69, 9.17) is 9.47 Å². The van der Waals surface area contributed by atoms with Gasteiger partial charge in [0, 0.05) is 18.0 Å². The first-order valence-corrected chi connectivity index (χ1v) is 11.0. The molecule has 9 heteroatoms. The van der Waals surface area contributed by atoms with Crippen molar-refractivity contribution in [2.24, 2.45) is 5.92 Å². The van der Waals surface area contributed by atoms with Crippen molar-refractivity contribution in [1.29, 1.82) is 0 Å². The number of hydrogen-bond acceptors (Lipinski definition) is 7. The number of thioether (sulfide) groups is 1. The molecule has 1 saturated heterocycles. The summed E-state index contributed by atoms with van der Waals surface area (Å²) in [5.74, 6) is -1.57. The number of para-hydroxylation sites is 1. The summed E-state index contributed by atoms with van der Waals surface area (Å²) >= 11 is 1.31. The number of benzene rings is 1. The van der Waals surface area contributed by atoms with Crippen molar-refractivity contribution in [3.05, 3.63) is 24.3 Å². The van der Waals surface area contributed by atoms with Gasteiger partial charge in [0.2, 0.25) is 5.91 Å². The first kappa shape index (κ1) is 22.1. The molecule has 0 aliphatic carbocycles. The predicted molar refractivity (Wildman–Crippen MR) is 111 cm³/mol. The third-order valence-electron chi connectivity index (χ3n) is 5.14. The van der Waals surface area contributed by atoms with Crippen molar-refractivity contribution in [2.75, 3.05) is 25.0 Å². The van der Waals surface area contributed by atoms with Crippen LogP contribution in [-0.2, 0) is 28.7 Å². The smallest absolute Gasteiger partial charge is 0.309 e. The van der Waals surface area contributed by atoms with E-state index in [0.717, 1.165) is 10.6 Å². The molecule has 2 atom stereocenters. The molecule has 1 aromatic rings. The van der Waals surface area contributed by atoms with Crippen molar-refractivity contribution in [3.63, 3.8) is 0 Å². The maximum Gasteiger partial charge on any atom is 0.309 e. The van der Waals surface area contributed by atoms with Gasteiger partial charge in [0.15, 0.2) is 6.10 Å². The Bertz CT molecular complexity index is 821. The van der Waals surface area contributed by atoms with Crippen molar-refractivity contribution < 1.29 is 28.7 Å². The normalized spacial score (nSPS) is 20.0. The second-order valence-corrected chi connectivity index (χ2v) is 8.52. The molecule has 0 bridgehead atoms. The Morgan fingerprint density at radius 1 is 1.23 bits per heavy atom. The standard InChI is InChI=1S/C21H26N2O6S/c1-3-28-21(27)14-8-10-23(11-9-14)20(26)13(2)29-18(24)12-17-19(25)22-15-6-4-5-7-16(15)30-17/h4-7,13-14,17H,3,8-12H2,1-2H3,(H,22,25)/t13-,17-/m1/s1. The van der Waals surface area contributed by atoms with Crippen LogP contribution in [0.2, 0.25) is 0 Å². The Hall–Kier alpha value is -2.55. The number of nitrogens with zero attached hydrogens (tertiary/aromatic N) is 1. The molecule has 0 aromatic heterocycles. The van der Waals surface area contributed by atoms with Gasteiger partial charge in [-0.25, -0.2) is 0 Å². The van der Waals surface area contributed by atoms with Crippen LogP contribution < -0.4 is 5.32 Å². The third-order valence-corrected chi connectivity index (χ3v) is 6.42. The predicted octanol–water partition coefficient (Wildman–Crippen LogP) is 2.22. The average Bonchev–Trinajstić information content (AvgIpc) is 2.74. The molecule has 0 saturated carbocycles. The molecule has 0 spiro atoms. The number of esters is 2. The fourth-order valence-corrected chi connectivity index (χ4v) is 4.62. The summed E-state index contributed by atoms with van der Waals surface area (Å²) in [6.45, 7) is 4.47. The number of amides is 2. The number of ether oxygens (including phenoxy) is 2. The molecule has 0 unspecified atom stereocenters. The molecule has 162 valence electrons. The minimum atomic E-state index is -0.944. The second kappa shape index (κ2) is 9.97. The molecule has 1 fully saturated rings. The van der Waals surface area contributed by atoms with Gasteiger partial charge in [-0.1, -0.05) is 12.1 Å². The van der Waals surface area contributed by atoms with E-state index in [-0.39, 0.29) is 30.1 Å². The van der Waals surface area contributed by atoms with Crippen LogP contribution in [0.1, 0.15) is 33.1 Å². The van der Waals surface area contributed by atoms with Gasteiger partial charge in [0.1, 0.15) is 0 Å². The Kier molecular flexibility index (Phi) is 7.36. The minimum Gasteiger partial charge on any atom is -0.466 e. The fourth-order valence-electron chi connectivity index (χ4n) is 3.53. The van der Waals surface area contributed by atoms with Crippen LogP contribution >= 0.6 is 11.8 Å². The number of rotatable bonds is 6. The van der Waals surface area contributed by atoms with Gasteiger partial charge in [-0.2, -0.15) is 0 Å². The lowest BCUT2D eigenvalue weighted by atomic mass is 9.97. The van der Waals surface area contributed by atoms with Gasteiger partial charge < -0.3 is 19.7 Å². The minimum absolute atomic E-state index is 0.118. The molecule has 3 rings (SSSR count). The topological polar surface area (TPSA) is 102 Å². The zero-order valence-corrected chi connectivity index (χ0v) is 17.9. The number of fused-ring (bicyclic) bond motifs is 1. The van der Waals surface area contributed by atoms with Crippen molar-refractivity contribution >= 4 is 41.2 Å². The van der Waals surface area contributed by atoms with E-state index in [1.807, 2.05) is 18.2 Å². The second-order valence-electron chi connectivity index (χ2n) is 7.28. The summed E-state index contributed by atoms with van der Waals surface area (Å²) in [6.07, 6.45) is 0.000990. The van der Waals surface area contributed by atoms with Gasteiger partial charge >= 0.3 is 11.9 Å².